The van der Waals surface area contributed by atoms with Crippen molar-refractivity contribution in [3.8, 4) is 0 Å². The molecule has 64 valence electrons. The maximum absolute atomic E-state index is 3.31. The molecule has 0 atom stereocenters. The van der Waals surface area contributed by atoms with Crippen molar-refractivity contribution in [1.82, 2.24) is 5.32 Å². The van der Waals surface area contributed by atoms with Crippen molar-refractivity contribution in [2.75, 3.05) is 6.54 Å². The van der Waals surface area contributed by atoms with Gasteiger partial charge < -0.3 is 5.32 Å². The second-order valence-electron chi connectivity index (χ2n) is 2.73. The van der Waals surface area contributed by atoms with Gasteiger partial charge in [0.2, 0.25) is 0 Å². The Morgan fingerprint density at radius 3 is 2.42 bits per heavy atom. The Balaban J connectivity index is 2.83. The molecule has 1 aliphatic rings. The predicted octanol–water partition coefficient (Wildman–Crippen LogP) is 2.55. The molecule has 0 aromatic heterocycles. The molecule has 0 bridgehead atoms. The van der Waals surface area contributed by atoms with E-state index in [-0.39, 0.29) is 0 Å². The first-order valence-electron chi connectivity index (χ1n) is 4.30. The lowest BCUT2D eigenvalue weighted by Crippen LogP contribution is -2.11. The summed E-state index contributed by atoms with van der Waals surface area (Å²) in [5.74, 6) is 0. The molecule has 1 nitrogen and oxygen atoms in total. The Kier molecular flexibility index (Phi) is 3.39. The average Bonchev–Trinajstić information content (AvgIpc) is 2.05. The van der Waals surface area contributed by atoms with E-state index in [1.54, 1.807) is 0 Å². The molecule has 0 aromatic carbocycles. The third-order valence-electron chi connectivity index (χ3n) is 1.73. The number of hydrogen-bond acceptors (Lipinski definition) is 1. The topological polar surface area (TPSA) is 12.0 Å². The SMILES string of the molecule is CCNC1=C(C)/C=C\C=C/C=C\1. The molecule has 1 rings (SSSR count). The van der Waals surface area contributed by atoms with Gasteiger partial charge in [0.1, 0.15) is 0 Å². The molecular formula is C11H15N. The van der Waals surface area contributed by atoms with E-state index in [9.17, 15) is 0 Å². The smallest absolute Gasteiger partial charge is 0.0369 e. The van der Waals surface area contributed by atoms with Gasteiger partial charge in [-0.2, -0.15) is 0 Å². The molecule has 0 saturated carbocycles. The lowest BCUT2D eigenvalue weighted by Gasteiger charge is -2.07. The van der Waals surface area contributed by atoms with Crippen molar-refractivity contribution >= 4 is 0 Å². The summed E-state index contributed by atoms with van der Waals surface area (Å²) in [4.78, 5) is 0. The second-order valence-corrected chi connectivity index (χ2v) is 2.73. The maximum atomic E-state index is 3.31. The molecule has 0 unspecified atom stereocenters. The van der Waals surface area contributed by atoms with Crippen LogP contribution in [-0.4, -0.2) is 6.54 Å². The van der Waals surface area contributed by atoms with E-state index in [0.717, 1.165) is 6.54 Å². The van der Waals surface area contributed by atoms with Crippen LogP contribution >= 0.6 is 0 Å². The van der Waals surface area contributed by atoms with Gasteiger partial charge >= 0.3 is 0 Å². The molecule has 0 aliphatic heterocycles. The van der Waals surface area contributed by atoms with E-state index in [2.05, 4.69) is 37.4 Å². The quantitative estimate of drug-likeness (QED) is 0.656. The first-order chi connectivity index (χ1) is 5.84. The summed E-state index contributed by atoms with van der Waals surface area (Å²) in [6.45, 7) is 5.18. The van der Waals surface area contributed by atoms with Crippen molar-refractivity contribution in [2.24, 2.45) is 0 Å². The van der Waals surface area contributed by atoms with Gasteiger partial charge in [-0.25, -0.2) is 0 Å². The largest absolute Gasteiger partial charge is 0.385 e. The summed E-state index contributed by atoms with van der Waals surface area (Å²) in [6, 6.07) is 0. The van der Waals surface area contributed by atoms with Crippen LogP contribution in [0.15, 0.2) is 47.7 Å². The minimum atomic E-state index is 0.967. The van der Waals surface area contributed by atoms with Crippen molar-refractivity contribution in [3.05, 3.63) is 47.7 Å². The zero-order valence-electron chi connectivity index (χ0n) is 7.67. The van der Waals surface area contributed by atoms with Crippen molar-refractivity contribution in [2.45, 2.75) is 13.8 Å². The highest BCUT2D eigenvalue weighted by molar-refractivity contribution is 5.35. The molecule has 0 radical (unpaired) electrons. The van der Waals surface area contributed by atoms with Crippen LogP contribution in [0.2, 0.25) is 0 Å². The first-order valence-corrected chi connectivity index (χ1v) is 4.30. The molecule has 0 fully saturated rings. The van der Waals surface area contributed by atoms with Gasteiger partial charge in [0, 0.05) is 12.2 Å². The van der Waals surface area contributed by atoms with E-state index in [1.165, 1.54) is 11.3 Å². The van der Waals surface area contributed by atoms with Crippen LogP contribution in [0.3, 0.4) is 0 Å². The second kappa shape index (κ2) is 4.60. The van der Waals surface area contributed by atoms with Crippen LogP contribution in [0.25, 0.3) is 0 Å². The van der Waals surface area contributed by atoms with Gasteiger partial charge in [0.15, 0.2) is 0 Å². The number of allylic oxidation sites excluding steroid dienone is 7. The fourth-order valence-corrected chi connectivity index (χ4v) is 1.09. The summed E-state index contributed by atoms with van der Waals surface area (Å²) < 4.78 is 0. The van der Waals surface area contributed by atoms with E-state index in [4.69, 9.17) is 0 Å². The van der Waals surface area contributed by atoms with Crippen LogP contribution in [0.5, 0.6) is 0 Å². The molecule has 1 aliphatic carbocycles. The summed E-state index contributed by atoms with van der Waals surface area (Å²) in [7, 11) is 0. The average molecular weight is 161 g/mol. The van der Waals surface area contributed by atoms with E-state index >= 15 is 0 Å². The molecule has 0 amide bonds. The van der Waals surface area contributed by atoms with Crippen LogP contribution in [0.4, 0.5) is 0 Å². The molecule has 1 heteroatoms. The monoisotopic (exact) mass is 161 g/mol. The highest BCUT2D eigenvalue weighted by Crippen LogP contribution is 2.06. The Hall–Kier alpha value is -1.24. The van der Waals surface area contributed by atoms with Crippen molar-refractivity contribution < 1.29 is 0 Å². The van der Waals surface area contributed by atoms with E-state index < -0.39 is 0 Å². The summed E-state index contributed by atoms with van der Waals surface area (Å²) >= 11 is 0. The lowest BCUT2D eigenvalue weighted by molar-refractivity contribution is 0.869. The van der Waals surface area contributed by atoms with Crippen molar-refractivity contribution in [3.63, 3.8) is 0 Å². The van der Waals surface area contributed by atoms with Gasteiger partial charge in [-0.05, 0) is 25.5 Å². The molecule has 12 heavy (non-hydrogen) atoms. The minimum absolute atomic E-state index is 0.967. The molecular weight excluding hydrogens is 146 g/mol. The Morgan fingerprint density at radius 2 is 1.75 bits per heavy atom. The fourth-order valence-electron chi connectivity index (χ4n) is 1.09. The normalized spacial score (nSPS) is 30.2. The van der Waals surface area contributed by atoms with E-state index in [0.29, 0.717) is 0 Å². The highest BCUT2D eigenvalue weighted by Gasteiger charge is 1.93. The molecule has 0 aromatic rings. The van der Waals surface area contributed by atoms with Crippen LogP contribution in [-0.2, 0) is 0 Å². The van der Waals surface area contributed by atoms with Crippen molar-refractivity contribution in [1.29, 1.82) is 0 Å². The third-order valence-corrected chi connectivity index (χ3v) is 1.73. The van der Waals surface area contributed by atoms with Gasteiger partial charge in [-0.1, -0.05) is 30.4 Å². The van der Waals surface area contributed by atoms with Crippen LogP contribution in [0.1, 0.15) is 13.8 Å². The number of likely N-dealkylation sites (N-methyl/N-ethyl adjacent to an activating group) is 1. The maximum Gasteiger partial charge on any atom is 0.0369 e. The zero-order chi connectivity index (χ0) is 8.81. The molecule has 0 saturated heterocycles. The number of nitrogens with one attached hydrogen (secondary N) is 1. The van der Waals surface area contributed by atoms with Gasteiger partial charge in [0.25, 0.3) is 0 Å². The molecule has 1 N–H and O–H groups in total. The third kappa shape index (κ3) is 2.42. The Bertz CT molecular complexity index is 254. The number of hydrogen-bond donors (Lipinski definition) is 1. The summed E-state index contributed by atoms with van der Waals surface area (Å²) in [5.41, 5.74) is 2.48. The number of rotatable bonds is 2. The summed E-state index contributed by atoms with van der Waals surface area (Å²) in [5, 5.41) is 3.31. The first kappa shape index (κ1) is 8.85. The molecule has 0 heterocycles. The fraction of sp³-hybridized carbons (Fsp3) is 0.273. The zero-order valence-corrected chi connectivity index (χ0v) is 7.67. The van der Waals surface area contributed by atoms with Crippen LogP contribution in [0, 0.1) is 0 Å². The lowest BCUT2D eigenvalue weighted by atomic mass is 10.1. The summed E-state index contributed by atoms with van der Waals surface area (Å²) in [6.07, 6.45) is 12.4. The minimum Gasteiger partial charge on any atom is -0.385 e. The Morgan fingerprint density at radius 1 is 1.08 bits per heavy atom. The predicted molar refractivity (Wildman–Crippen MR) is 53.8 cm³/mol. The van der Waals surface area contributed by atoms with Gasteiger partial charge in [-0.15, -0.1) is 0 Å². The standard InChI is InChI=1S/C11H15N/c1-3-12-11-9-7-5-4-6-8-10(11)2/h4-9,12H,3H2,1-2H3/b5-4-,6-4?,7-5?,8-6-,9-7-,10-8?,11-9?,11-10+. The van der Waals surface area contributed by atoms with Crippen LogP contribution < -0.4 is 5.32 Å². The Labute approximate surface area is 74.2 Å². The van der Waals surface area contributed by atoms with Gasteiger partial charge in [0.05, 0.1) is 0 Å². The highest BCUT2D eigenvalue weighted by atomic mass is 14.9. The van der Waals surface area contributed by atoms with Gasteiger partial charge in [-0.3, -0.25) is 0 Å². The molecule has 0 spiro atoms. The van der Waals surface area contributed by atoms with E-state index in [1.807, 2.05) is 18.2 Å².